The molecule has 0 aliphatic rings. The maximum absolute atomic E-state index is 13.1. The number of nitrogens with one attached hydrogen (secondary N) is 1. The van der Waals surface area contributed by atoms with Gasteiger partial charge in [0.05, 0.1) is 22.6 Å². The highest BCUT2D eigenvalue weighted by molar-refractivity contribution is 14.1. The third-order valence-corrected chi connectivity index (χ3v) is 3.92. The van der Waals surface area contributed by atoms with Crippen molar-refractivity contribution in [1.82, 2.24) is 4.98 Å². The minimum atomic E-state index is -0.254. The molecular weight excluding hydrogens is 368 g/mol. The normalized spacial score (nSPS) is 10.7. The van der Waals surface area contributed by atoms with E-state index in [2.05, 4.69) is 32.9 Å². The zero-order chi connectivity index (χ0) is 14.1. The van der Waals surface area contributed by atoms with Gasteiger partial charge in [0, 0.05) is 15.2 Å². The Hall–Kier alpha value is -1.89. The van der Waals surface area contributed by atoms with Crippen molar-refractivity contribution in [3.63, 3.8) is 0 Å². The van der Waals surface area contributed by atoms with E-state index in [1.807, 2.05) is 24.3 Å². The van der Waals surface area contributed by atoms with Gasteiger partial charge in [-0.1, -0.05) is 0 Å². The highest BCUT2D eigenvalue weighted by Crippen LogP contribution is 2.31. The van der Waals surface area contributed by atoms with Crippen molar-refractivity contribution in [2.75, 3.05) is 11.1 Å². The Kier molecular flexibility index (Phi) is 3.43. The molecule has 0 atom stereocenters. The van der Waals surface area contributed by atoms with E-state index in [1.165, 1.54) is 12.1 Å². The molecule has 3 N–H and O–H groups in total. The summed E-state index contributed by atoms with van der Waals surface area (Å²) < 4.78 is 13.9. The molecule has 0 spiro atoms. The molecular formula is C15H11FIN3. The summed E-state index contributed by atoms with van der Waals surface area (Å²) in [5.74, 6) is -0.254. The molecule has 100 valence electrons. The van der Waals surface area contributed by atoms with E-state index in [1.54, 1.807) is 12.3 Å². The van der Waals surface area contributed by atoms with E-state index in [0.717, 1.165) is 25.8 Å². The lowest BCUT2D eigenvalue weighted by Crippen LogP contribution is -1.99. The molecule has 0 aliphatic heterocycles. The second-order valence-electron chi connectivity index (χ2n) is 4.35. The van der Waals surface area contributed by atoms with Gasteiger partial charge >= 0.3 is 0 Å². The molecule has 5 heteroatoms. The lowest BCUT2D eigenvalue weighted by atomic mass is 10.1. The summed E-state index contributed by atoms with van der Waals surface area (Å²) in [6.45, 7) is 0. The highest BCUT2D eigenvalue weighted by atomic mass is 127. The Morgan fingerprint density at radius 3 is 2.70 bits per heavy atom. The smallest absolute Gasteiger partial charge is 0.124 e. The lowest BCUT2D eigenvalue weighted by molar-refractivity contribution is 0.627. The molecule has 3 aromatic rings. The minimum absolute atomic E-state index is 0.254. The van der Waals surface area contributed by atoms with Gasteiger partial charge < -0.3 is 11.1 Å². The average Bonchev–Trinajstić information content (AvgIpc) is 2.45. The molecule has 1 aromatic heterocycles. The molecule has 0 saturated carbocycles. The predicted molar refractivity (Wildman–Crippen MR) is 88.6 cm³/mol. The Morgan fingerprint density at radius 1 is 1.10 bits per heavy atom. The van der Waals surface area contributed by atoms with E-state index in [9.17, 15) is 4.39 Å². The van der Waals surface area contributed by atoms with Crippen molar-refractivity contribution >= 4 is 50.6 Å². The van der Waals surface area contributed by atoms with Gasteiger partial charge in [-0.3, -0.25) is 4.98 Å². The van der Waals surface area contributed by atoms with Crippen molar-refractivity contribution in [3.8, 4) is 0 Å². The van der Waals surface area contributed by atoms with Gasteiger partial charge in [-0.2, -0.15) is 0 Å². The number of aromatic nitrogens is 1. The van der Waals surface area contributed by atoms with Crippen molar-refractivity contribution in [2.45, 2.75) is 0 Å². The summed E-state index contributed by atoms with van der Waals surface area (Å²) in [7, 11) is 0. The Bertz CT molecular complexity index is 789. The van der Waals surface area contributed by atoms with E-state index in [-0.39, 0.29) is 5.82 Å². The first-order chi connectivity index (χ1) is 9.65. The molecule has 2 aromatic carbocycles. The Balaban J connectivity index is 2.04. The van der Waals surface area contributed by atoms with Crippen molar-refractivity contribution in [2.24, 2.45) is 0 Å². The maximum Gasteiger partial charge on any atom is 0.124 e. The average molecular weight is 379 g/mol. The summed E-state index contributed by atoms with van der Waals surface area (Å²) in [6.07, 6.45) is 1.73. The minimum Gasteiger partial charge on any atom is -0.396 e. The third-order valence-electron chi connectivity index (χ3n) is 3.03. The quantitative estimate of drug-likeness (QED) is 0.516. The van der Waals surface area contributed by atoms with E-state index in [4.69, 9.17) is 5.73 Å². The first kappa shape index (κ1) is 13.1. The SMILES string of the molecule is Nc1c(Nc2ccc(F)cc2I)ccc2ncccc12. The topological polar surface area (TPSA) is 50.9 Å². The van der Waals surface area contributed by atoms with Gasteiger partial charge in [-0.05, 0) is 65.1 Å². The number of pyridine rings is 1. The highest BCUT2D eigenvalue weighted by Gasteiger charge is 2.07. The fourth-order valence-electron chi connectivity index (χ4n) is 2.02. The van der Waals surface area contributed by atoms with Gasteiger partial charge in [0.25, 0.3) is 0 Å². The fraction of sp³-hybridized carbons (Fsp3) is 0. The van der Waals surface area contributed by atoms with Crippen LogP contribution in [-0.2, 0) is 0 Å². The Labute approximate surface area is 129 Å². The van der Waals surface area contributed by atoms with Crippen molar-refractivity contribution < 1.29 is 4.39 Å². The number of rotatable bonds is 2. The van der Waals surface area contributed by atoms with Crippen molar-refractivity contribution in [1.29, 1.82) is 0 Å². The number of nitrogens with two attached hydrogens (primary N) is 1. The number of fused-ring (bicyclic) bond motifs is 1. The van der Waals surface area contributed by atoms with Crippen LogP contribution >= 0.6 is 22.6 Å². The van der Waals surface area contributed by atoms with E-state index >= 15 is 0 Å². The predicted octanol–water partition coefficient (Wildman–Crippen LogP) is 4.30. The van der Waals surface area contributed by atoms with Crippen LogP contribution in [0.2, 0.25) is 0 Å². The molecule has 0 amide bonds. The number of halogens is 2. The number of nitrogen functional groups attached to an aromatic ring is 1. The van der Waals surface area contributed by atoms with E-state index in [0.29, 0.717) is 5.69 Å². The van der Waals surface area contributed by atoms with Gasteiger partial charge in [0.15, 0.2) is 0 Å². The molecule has 1 heterocycles. The van der Waals surface area contributed by atoms with Gasteiger partial charge in [0.1, 0.15) is 5.82 Å². The standard InChI is InChI=1S/C15H11FIN3/c16-9-3-4-13(11(17)8-9)20-14-6-5-12-10(15(14)18)2-1-7-19-12/h1-8,20H,18H2. The fourth-order valence-corrected chi connectivity index (χ4v) is 2.63. The van der Waals surface area contributed by atoms with Crippen LogP contribution in [0.4, 0.5) is 21.5 Å². The summed E-state index contributed by atoms with van der Waals surface area (Å²) in [5.41, 5.74) is 9.26. The van der Waals surface area contributed by atoms with Crippen LogP contribution in [0.1, 0.15) is 0 Å². The molecule has 3 nitrogen and oxygen atoms in total. The number of hydrogen-bond acceptors (Lipinski definition) is 3. The monoisotopic (exact) mass is 379 g/mol. The molecule has 0 fully saturated rings. The van der Waals surface area contributed by atoms with Crippen LogP contribution in [0.3, 0.4) is 0 Å². The van der Waals surface area contributed by atoms with Crippen molar-refractivity contribution in [3.05, 3.63) is 58.0 Å². The summed E-state index contributed by atoms with van der Waals surface area (Å²) in [6, 6.07) is 12.2. The second kappa shape index (κ2) is 5.24. The van der Waals surface area contributed by atoms with Crippen LogP contribution < -0.4 is 11.1 Å². The zero-order valence-corrected chi connectivity index (χ0v) is 12.6. The summed E-state index contributed by atoms with van der Waals surface area (Å²) in [5, 5.41) is 4.13. The van der Waals surface area contributed by atoms with Crippen LogP contribution in [-0.4, -0.2) is 4.98 Å². The van der Waals surface area contributed by atoms with Crippen LogP contribution in [0, 0.1) is 9.39 Å². The van der Waals surface area contributed by atoms with Crippen LogP contribution in [0.15, 0.2) is 48.7 Å². The molecule has 0 radical (unpaired) electrons. The molecule has 20 heavy (non-hydrogen) atoms. The summed E-state index contributed by atoms with van der Waals surface area (Å²) >= 11 is 2.09. The van der Waals surface area contributed by atoms with Crippen LogP contribution in [0.25, 0.3) is 10.9 Å². The third kappa shape index (κ3) is 2.40. The molecule has 0 saturated heterocycles. The van der Waals surface area contributed by atoms with Gasteiger partial charge in [-0.25, -0.2) is 4.39 Å². The molecule has 3 rings (SSSR count). The first-order valence-corrected chi connectivity index (χ1v) is 7.08. The largest absolute Gasteiger partial charge is 0.396 e. The molecule has 0 aliphatic carbocycles. The number of anilines is 3. The van der Waals surface area contributed by atoms with Gasteiger partial charge in [0.2, 0.25) is 0 Å². The first-order valence-electron chi connectivity index (χ1n) is 6.00. The Morgan fingerprint density at radius 2 is 1.90 bits per heavy atom. The molecule has 0 bridgehead atoms. The number of hydrogen-bond donors (Lipinski definition) is 2. The molecule has 0 unspecified atom stereocenters. The lowest BCUT2D eigenvalue weighted by Gasteiger charge is -2.12. The number of benzene rings is 2. The second-order valence-corrected chi connectivity index (χ2v) is 5.51. The number of nitrogens with zero attached hydrogens (tertiary/aromatic N) is 1. The van der Waals surface area contributed by atoms with Gasteiger partial charge in [-0.15, -0.1) is 0 Å². The van der Waals surface area contributed by atoms with E-state index < -0.39 is 0 Å². The summed E-state index contributed by atoms with van der Waals surface area (Å²) in [4.78, 5) is 4.26. The zero-order valence-electron chi connectivity index (χ0n) is 10.4. The maximum atomic E-state index is 13.1. The van der Waals surface area contributed by atoms with Crippen LogP contribution in [0.5, 0.6) is 0 Å².